The topological polar surface area (TPSA) is 65.0 Å². The highest BCUT2D eigenvalue weighted by Crippen LogP contribution is 2.15. The first kappa shape index (κ1) is 12.7. The normalized spacial score (nSPS) is 10.4. The summed E-state index contributed by atoms with van der Waals surface area (Å²) in [6.45, 7) is 1.33. The highest BCUT2D eigenvalue weighted by Gasteiger charge is 1.98. The van der Waals surface area contributed by atoms with Crippen LogP contribution in [0.15, 0.2) is 35.1 Å². The fourth-order valence-corrected chi connectivity index (χ4v) is 1.12. The smallest absolute Gasteiger partial charge is 0.308 e. The van der Waals surface area contributed by atoms with Crippen molar-refractivity contribution < 1.29 is 19.1 Å². The molecule has 0 aliphatic heterocycles. The van der Waals surface area contributed by atoms with E-state index in [4.69, 9.17) is 9.47 Å². The SMILES string of the molecule is COC(=Cc1ccc(OC(C)=O)cc1)N=C=O. The number of nitrogens with zero attached hydrogens (tertiary/aromatic N) is 1. The molecule has 0 heterocycles. The fraction of sp³-hybridized carbons (Fsp3) is 0.167. The minimum Gasteiger partial charge on any atom is -0.480 e. The van der Waals surface area contributed by atoms with Gasteiger partial charge in [-0.15, -0.1) is 4.99 Å². The largest absolute Gasteiger partial charge is 0.480 e. The van der Waals surface area contributed by atoms with Gasteiger partial charge >= 0.3 is 5.97 Å². The molecule has 0 spiro atoms. The molecule has 5 heteroatoms. The lowest BCUT2D eigenvalue weighted by Crippen LogP contribution is -2.00. The van der Waals surface area contributed by atoms with Gasteiger partial charge < -0.3 is 9.47 Å². The standard InChI is InChI=1S/C12H11NO4/c1-9(15)17-11-5-3-10(4-6-11)7-12(16-2)13-8-14/h3-7H,1-2H3. The van der Waals surface area contributed by atoms with E-state index in [-0.39, 0.29) is 11.9 Å². The summed E-state index contributed by atoms with van der Waals surface area (Å²) in [6, 6.07) is 6.67. The van der Waals surface area contributed by atoms with Gasteiger partial charge in [-0.3, -0.25) is 4.79 Å². The maximum Gasteiger partial charge on any atom is 0.308 e. The number of methoxy groups -OCH3 is 1. The average Bonchev–Trinajstić information content (AvgIpc) is 2.30. The maximum atomic E-state index is 10.7. The first-order valence-electron chi connectivity index (χ1n) is 4.77. The Kier molecular flexibility index (Phi) is 4.66. The molecule has 0 N–H and O–H groups in total. The molecule has 0 unspecified atom stereocenters. The molecule has 0 aliphatic carbocycles. The molecule has 0 radical (unpaired) electrons. The van der Waals surface area contributed by atoms with Crippen LogP contribution in [0.4, 0.5) is 0 Å². The van der Waals surface area contributed by atoms with Crippen molar-refractivity contribution in [3.63, 3.8) is 0 Å². The van der Waals surface area contributed by atoms with Crippen LogP contribution < -0.4 is 4.74 Å². The van der Waals surface area contributed by atoms with E-state index in [0.717, 1.165) is 5.56 Å². The zero-order chi connectivity index (χ0) is 12.7. The van der Waals surface area contributed by atoms with Crippen molar-refractivity contribution in [1.29, 1.82) is 0 Å². The Hall–Kier alpha value is -2.39. The van der Waals surface area contributed by atoms with Gasteiger partial charge in [-0.05, 0) is 17.7 Å². The third kappa shape index (κ3) is 4.32. The van der Waals surface area contributed by atoms with Crippen molar-refractivity contribution in [2.75, 3.05) is 7.11 Å². The Morgan fingerprint density at radius 2 is 2.00 bits per heavy atom. The second-order valence-electron chi connectivity index (χ2n) is 3.05. The highest BCUT2D eigenvalue weighted by atomic mass is 16.5. The Bertz CT molecular complexity index is 470. The van der Waals surface area contributed by atoms with E-state index in [9.17, 15) is 9.59 Å². The van der Waals surface area contributed by atoms with E-state index in [1.165, 1.54) is 20.1 Å². The van der Waals surface area contributed by atoms with Crippen LogP contribution in [0.3, 0.4) is 0 Å². The monoisotopic (exact) mass is 233 g/mol. The van der Waals surface area contributed by atoms with Gasteiger partial charge in [0, 0.05) is 13.0 Å². The number of ether oxygens (including phenoxy) is 2. The number of carbonyl (C=O) groups is 1. The second kappa shape index (κ2) is 6.25. The van der Waals surface area contributed by atoms with E-state index in [2.05, 4.69) is 4.99 Å². The van der Waals surface area contributed by atoms with Crippen molar-refractivity contribution in [3.8, 4) is 5.75 Å². The third-order valence-electron chi connectivity index (χ3n) is 1.80. The van der Waals surface area contributed by atoms with Gasteiger partial charge in [0.05, 0.1) is 7.11 Å². The summed E-state index contributed by atoms with van der Waals surface area (Å²) in [7, 11) is 1.40. The molecule has 17 heavy (non-hydrogen) atoms. The lowest BCUT2D eigenvalue weighted by atomic mass is 10.2. The van der Waals surface area contributed by atoms with Crippen LogP contribution in [-0.2, 0) is 14.3 Å². The minimum absolute atomic E-state index is 0.153. The van der Waals surface area contributed by atoms with E-state index >= 15 is 0 Å². The summed E-state index contributed by atoms with van der Waals surface area (Å²) in [4.78, 5) is 24.1. The Morgan fingerprint density at radius 1 is 1.35 bits per heavy atom. The number of isocyanates is 1. The van der Waals surface area contributed by atoms with Crippen molar-refractivity contribution in [2.45, 2.75) is 6.92 Å². The summed E-state index contributed by atoms with van der Waals surface area (Å²) >= 11 is 0. The lowest BCUT2D eigenvalue weighted by molar-refractivity contribution is -0.131. The van der Waals surface area contributed by atoms with E-state index in [1.54, 1.807) is 30.3 Å². The summed E-state index contributed by atoms with van der Waals surface area (Å²) in [5.41, 5.74) is 0.761. The van der Waals surface area contributed by atoms with E-state index < -0.39 is 0 Å². The molecule has 0 amide bonds. The molecule has 0 saturated heterocycles. The molecule has 1 aromatic rings. The molecule has 0 aromatic heterocycles. The molecular formula is C12H11NO4. The van der Waals surface area contributed by atoms with Gasteiger partial charge in [-0.25, -0.2) is 4.79 Å². The first-order chi connectivity index (χ1) is 8.15. The van der Waals surface area contributed by atoms with E-state index in [1.807, 2.05) is 0 Å². The zero-order valence-corrected chi connectivity index (χ0v) is 9.47. The van der Waals surface area contributed by atoms with Gasteiger partial charge in [-0.2, -0.15) is 0 Å². The predicted octanol–water partition coefficient (Wildman–Crippen LogP) is 1.89. The predicted molar refractivity (Wildman–Crippen MR) is 60.9 cm³/mol. The minimum atomic E-state index is -0.378. The molecule has 1 aromatic carbocycles. The first-order valence-corrected chi connectivity index (χ1v) is 4.77. The van der Waals surface area contributed by atoms with Crippen LogP contribution in [-0.4, -0.2) is 19.2 Å². The number of esters is 1. The fourth-order valence-electron chi connectivity index (χ4n) is 1.12. The molecule has 0 aliphatic rings. The third-order valence-corrected chi connectivity index (χ3v) is 1.80. The van der Waals surface area contributed by atoms with Gasteiger partial charge in [-0.1, -0.05) is 12.1 Å². The van der Waals surface area contributed by atoms with Crippen LogP contribution >= 0.6 is 0 Å². The second-order valence-corrected chi connectivity index (χ2v) is 3.05. The van der Waals surface area contributed by atoms with E-state index in [0.29, 0.717) is 5.75 Å². The lowest BCUT2D eigenvalue weighted by Gasteiger charge is -2.01. The summed E-state index contributed by atoms with van der Waals surface area (Å²) in [5.74, 6) is 0.226. The Labute approximate surface area is 98.4 Å². The Balaban J connectivity index is 2.87. The van der Waals surface area contributed by atoms with Gasteiger partial charge in [0.1, 0.15) is 5.75 Å². The number of hydrogen-bond donors (Lipinski definition) is 0. The van der Waals surface area contributed by atoms with Crippen LogP contribution in [0.2, 0.25) is 0 Å². The van der Waals surface area contributed by atoms with Gasteiger partial charge in [0.2, 0.25) is 12.0 Å². The molecule has 0 bridgehead atoms. The Morgan fingerprint density at radius 3 is 2.47 bits per heavy atom. The van der Waals surface area contributed by atoms with Gasteiger partial charge in [0.25, 0.3) is 0 Å². The van der Waals surface area contributed by atoms with Crippen LogP contribution in [0.1, 0.15) is 12.5 Å². The molecule has 1 rings (SSSR count). The summed E-state index contributed by atoms with van der Waals surface area (Å²) < 4.78 is 9.71. The maximum absolute atomic E-state index is 10.7. The van der Waals surface area contributed by atoms with Crippen molar-refractivity contribution in [3.05, 3.63) is 35.7 Å². The highest BCUT2D eigenvalue weighted by molar-refractivity contribution is 5.69. The van der Waals surface area contributed by atoms with Crippen molar-refractivity contribution >= 4 is 18.1 Å². The molecule has 0 atom stereocenters. The summed E-state index contributed by atoms with van der Waals surface area (Å²) in [6.07, 6.45) is 2.95. The molecule has 0 saturated carbocycles. The van der Waals surface area contributed by atoms with Gasteiger partial charge in [0.15, 0.2) is 0 Å². The quantitative estimate of drug-likeness (QED) is 0.262. The molecule has 5 nitrogen and oxygen atoms in total. The molecule has 88 valence electrons. The number of benzene rings is 1. The molecular weight excluding hydrogens is 222 g/mol. The average molecular weight is 233 g/mol. The van der Waals surface area contributed by atoms with Crippen molar-refractivity contribution in [1.82, 2.24) is 0 Å². The number of aliphatic imine (C=N–C) groups is 1. The molecule has 0 fully saturated rings. The number of rotatable bonds is 4. The van der Waals surface area contributed by atoms with Crippen LogP contribution in [0.25, 0.3) is 6.08 Å². The zero-order valence-electron chi connectivity index (χ0n) is 9.47. The van der Waals surface area contributed by atoms with Crippen LogP contribution in [0.5, 0.6) is 5.75 Å². The number of carbonyl (C=O) groups excluding carboxylic acids is 2. The van der Waals surface area contributed by atoms with Crippen molar-refractivity contribution in [2.24, 2.45) is 4.99 Å². The van der Waals surface area contributed by atoms with Crippen LogP contribution in [0, 0.1) is 0 Å². The summed E-state index contributed by atoms with van der Waals surface area (Å²) in [5, 5.41) is 0. The number of hydrogen-bond acceptors (Lipinski definition) is 5.